The van der Waals surface area contributed by atoms with Crippen LogP contribution in [0, 0.1) is 5.82 Å². The maximum absolute atomic E-state index is 13.4. The fourth-order valence-electron chi connectivity index (χ4n) is 2.01. The molecule has 100 valence electrons. The number of pyridine rings is 1. The van der Waals surface area contributed by atoms with Gasteiger partial charge in [0.05, 0.1) is 0 Å². The van der Waals surface area contributed by atoms with Crippen molar-refractivity contribution in [3.63, 3.8) is 0 Å². The van der Waals surface area contributed by atoms with Crippen molar-refractivity contribution in [1.82, 2.24) is 10.3 Å². The summed E-state index contributed by atoms with van der Waals surface area (Å²) in [5.41, 5.74) is 7.66. The summed E-state index contributed by atoms with van der Waals surface area (Å²) in [6.07, 6.45) is 2.32. The molecule has 3 nitrogen and oxygen atoms in total. The SMILES string of the molecule is CNC(Cc1cccnc1N)c1cc(F)cc(Br)c1. The lowest BCUT2D eigenvalue weighted by Crippen LogP contribution is -2.19. The second kappa shape index (κ2) is 6.12. The highest BCUT2D eigenvalue weighted by Crippen LogP contribution is 2.24. The molecule has 3 N–H and O–H groups in total. The minimum absolute atomic E-state index is 0.0153. The monoisotopic (exact) mass is 323 g/mol. The van der Waals surface area contributed by atoms with Crippen LogP contribution in [-0.4, -0.2) is 12.0 Å². The third kappa shape index (κ3) is 3.52. The third-order valence-corrected chi connectivity index (χ3v) is 3.44. The lowest BCUT2D eigenvalue weighted by Gasteiger charge is -2.18. The van der Waals surface area contributed by atoms with Gasteiger partial charge in [-0.2, -0.15) is 0 Å². The lowest BCUT2D eigenvalue weighted by molar-refractivity contribution is 0.576. The van der Waals surface area contributed by atoms with Crippen LogP contribution in [-0.2, 0) is 6.42 Å². The molecule has 0 bridgehead atoms. The summed E-state index contributed by atoms with van der Waals surface area (Å²) >= 11 is 3.31. The normalized spacial score (nSPS) is 12.4. The average Bonchev–Trinajstić information content (AvgIpc) is 2.36. The summed E-state index contributed by atoms with van der Waals surface area (Å²) in [6, 6.07) is 8.63. The molecule has 0 spiro atoms. The van der Waals surface area contributed by atoms with Crippen LogP contribution in [0.15, 0.2) is 41.0 Å². The number of nitrogens with one attached hydrogen (secondary N) is 1. The van der Waals surface area contributed by atoms with E-state index in [2.05, 4.69) is 26.2 Å². The first-order chi connectivity index (χ1) is 9.10. The number of aromatic nitrogens is 1. The molecule has 0 fully saturated rings. The standard InChI is InChI=1S/C14H15BrFN3/c1-18-13(7-9-3-2-4-19-14(9)17)10-5-11(15)8-12(16)6-10/h2-6,8,13,18H,7H2,1H3,(H2,17,19). The van der Waals surface area contributed by atoms with E-state index >= 15 is 0 Å². The predicted molar refractivity (Wildman–Crippen MR) is 78.3 cm³/mol. The Hall–Kier alpha value is -1.46. The van der Waals surface area contributed by atoms with Crippen LogP contribution in [0.3, 0.4) is 0 Å². The Bertz CT molecular complexity index is 554. The molecule has 2 aromatic rings. The number of nitrogens with two attached hydrogens (primary N) is 1. The Labute approximate surface area is 120 Å². The van der Waals surface area contributed by atoms with Gasteiger partial charge >= 0.3 is 0 Å². The summed E-state index contributed by atoms with van der Waals surface area (Å²) < 4.78 is 14.2. The van der Waals surface area contributed by atoms with Crippen molar-refractivity contribution in [3.05, 3.63) is 57.9 Å². The average molecular weight is 324 g/mol. The summed E-state index contributed by atoms with van der Waals surface area (Å²) in [5.74, 6) is 0.252. The smallest absolute Gasteiger partial charge is 0.126 e. The van der Waals surface area contributed by atoms with Crippen molar-refractivity contribution in [2.24, 2.45) is 0 Å². The van der Waals surface area contributed by atoms with Gasteiger partial charge in [0.15, 0.2) is 0 Å². The topological polar surface area (TPSA) is 50.9 Å². The van der Waals surface area contributed by atoms with Crippen LogP contribution in [0.25, 0.3) is 0 Å². The van der Waals surface area contributed by atoms with E-state index < -0.39 is 0 Å². The Kier molecular flexibility index (Phi) is 4.50. The first kappa shape index (κ1) is 14.0. The lowest BCUT2D eigenvalue weighted by atomic mass is 9.99. The van der Waals surface area contributed by atoms with Gasteiger partial charge in [0.2, 0.25) is 0 Å². The van der Waals surface area contributed by atoms with E-state index in [4.69, 9.17) is 5.73 Å². The Morgan fingerprint density at radius 2 is 2.21 bits per heavy atom. The van der Waals surface area contributed by atoms with E-state index in [0.29, 0.717) is 12.2 Å². The first-order valence-corrected chi connectivity index (χ1v) is 6.72. The summed E-state index contributed by atoms with van der Waals surface area (Å²) in [5, 5.41) is 3.18. The van der Waals surface area contributed by atoms with Gasteiger partial charge in [-0.25, -0.2) is 9.37 Å². The molecule has 0 aliphatic carbocycles. The quantitative estimate of drug-likeness (QED) is 0.909. The molecular formula is C14H15BrFN3. The molecule has 5 heteroatoms. The maximum atomic E-state index is 13.4. The van der Waals surface area contributed by atoms with Gasteiger partial charge in [-0.3, -0.25) is 0 Å². The van der Waals surface area contributed by atoms with E-state index in [9.17, 15) is 4.39 Å². The zero-order valence-corrected chi connectivity index (χ0v) is 12.1. The van der Waals surface area contributed by atoms with Gasteiger partial charge in [-0.15, -0.1) is 0 Å². The number of anilines is 1. The molecule has 1 aromatic heterocycles. The van der Waals surface area contributed by atoms with Gasteiger partial charge in [-0.05, 0) is 48.9 Å². The number of rotatable bonds is 4. The molecule has 0 amide bonds. The van der Waals surface area contributed by atoms with Crippen molar-refractivity contribution in [2.75, 3.05) is 12.8 Å². The molecule has 1 heterocycles. The number of benzene rings is 1. The van der Waals surface area contributed by atoms with Crippen LogP contribution in [0.2, 0.25) is 0 Å². The van der Waals surface area contributed by atoms with Crippen LogP contribution in [0.1, 0.15) is 17.2 Å². The van der Waals surface area contributed by atoms with Crippen LogP contribution in [0.4, 0.5) is 10.2 Å². The van der Waals surface area contributed by atoms with Crippen molar-refractivity contribution in [1.29, 1.82) is 0 Å². The number of hydrogen-bond acceptors (Lipinski definition) is 3. The number of nitrogen functional groups attached to an aromatic ring is 1. The third-order valence-electron chi connectivity index (χ3n) is 2.99. The molecule has 0 saturated heterocycles. The minimum atomic E-state index is -0.260. The van der Waals surface area contributed by atoms with Gasteiger partial charge in [-0.1, -0.05) is 22.0 Å². The zero-order valence-electron chi connectivity index (χ0n) is 10.5. The van der Waals surface area contributed by atoms with Gasteiger partial charge in [0.1, 0.15) is 11.6 Å². The number of hydrogen-bond donors (Lipinski definition) is 2. The highest BCUT2D eigenvalue weighted by atomic mass is 79.9. The second-order valence-electron chi connectivity index (χ2n) is 4.30. The van der Waals surface area contributed by atoms with Crippen molar-refractivity contribution >= 4 is 21.7 Å². The Morgan fingerprint density at radius 1 is 1.42 bits per heavy atom. The maximum Gasteiger partial charge on any atom is 0.126 e. The molecule has 0 aliphatic heterocycles. The molecule has 19 heavy (non-hydrogen) atoms. The van der Waals surface area contributed by atoms with Gasteiger partial charge in [0.25, 0.3) is 0 Å². The van der Waals surface area contributed by atoms with E-state index in [-0.39, 0.29) is 11.9 Å². The predicted octanol–water partition coefficient (Wildman–Crippen LogP) is 3.07. The summed E-state index contributed by atoms with van der Waals surface area (Å²) in [7, 11) is 1.84. The van der Waals surface area contributed by atoms with Crippen molar-refractivity contribution < 1.29 is 4.39 Å². The largest absolute Gasteiger partial charge is 0.383 e. The van der Waals surface area contributed by atoms with E-state index in [0.717, 1.165) is 15.6 Å². The Balaban J connectivity index is 2.28. The van der Waals surface area contributed by atoms with E-state index in [1.165, 1.54) is 12.1 Å². The molecule has 1 atom stereocenters. The zero-order chi connectivity index (χ0) is 13.8. The summed E-state index contributed by atoms with van der Waals surface area (Å²) in [6.45, 7) is 0. The van der Waals surface area contributed by atoms with Gasteiger partial charge < -0.3 is 11.1 Å². The Morgan fingerprint density at radius 3 is 2.84 bits per heavy atom. The molecule has 2 rings (SSSR count). The minimum Gasteiger partial charge on any atom is -0.383 e. The summed E-state index contributed by atoms with van der Waals surface area (Å²) in [4.78, 5) is 4.06. The number of nitrogens with zero attached hydrogens (tertiary/aromatic N) is 1. The highest BCUT2D eigenvalue weighted by molar-refractivity contribution is 9.10. The van der Waals surface area contributed by atoms with E-state index in [1.807, 2.05) is 25.2 Å². The molecule has 1 aromatic carbocycles. The van der Waals surface area contributed by atoms with Crippen LogP contribution >= 0.6 is 15.9 Å². The van der Waals surface area contributed by atoms with Crippen molar-refractivity contribution in [3.8, 4) is 0 Å². The molecule has 1 unspecified atom stereocenters. The fraction of sp³-hybridized carbons (Fsp3) is 0.214. The molecule has 0 aliphatic rings. The molecule has 0 saturated carbocycles. The van der Waals surface area contributed by atoms with Crippen molar-refractivity contribution in [2.45, 2.75) is 12.5 Å². The first-order valence-electron chi connectivity index (χ1n) is 5.92. The number of halogens is 2. The fourth-order valence-corrected chi connectivity index (χ4v) is 2.49. The van der Waals surface area contributed by atoms with Crippen LogP contribution < -0.4 is 11.1 Å². The second-order valence-corrected chi connectivity index (χ2v) is 5.21. The number of likely N-dealkylation sites (N-methyl/N-ethyl adjacent to an activating group) is 1. The highest BCUT2D eigenvalue weighted by Gasteiger charge is 2.13. The molecular weight excluding hydrogens is 309 g/mol. The van der Waals surface area contributed by atoms with Crippen LogP contribution in [0.5, 0.6) is 0 Å². The molecule has 0 radical (unpaired) electrons. The van der Waals surface area contributed by atoms with E-state index in [1.54, 1.807) is 6.20 Å². The van der Waals surface area contributed by atoms with Gasteiger partial charge in [0, 0.05) is 16.7 Å².